The number of hydrogen-bond acceptors (Lipinski definition) is 5. The van der Waals surface area contributed by atoms with E-state index in [1.807, 2.05) is 24.3 Å². The number of piperazine rings is 1. The highest BCUT2D eigenvalue weighted by atomic mass is 32.2. The zero-order valence-corrected chi connectivity index (χ0v) is 16.2. The first kappa shape index (κ1) is 18.5. The second-order valence-corrected chi connectivity index (χ2v) is 8.46. The van der Waals surface area contributed by atoms with Crippen LogP contribution >= 0.6 is 0 Å². The molecule has 1 saturated heterocycles. The highest BCUT2D eigenvalue weighted by Crippen LogP contribution is 2.23. The Morgan fingerprint density at radius 2 is 1.68 bits per heavy atom. The minimum Gasteiger partial charge on any atom is -0.497 e. The summed E-state index contributed by atoms with van der Waals surface area (Å²) < 4.78 is 37.7. The summed E-state index contributed by atoms with van der Waals surface area (Å²) in [6.45, 7) is 1.09. The summed E-state index contributed by atoms with van der Waals surface area (Å²) in [5.41, 5.74) is 0.659. The Kier molecular flexibility index (Phi) is 4.82. The summed E-state index contributed by atoms with van der Waals surface area (Å²) in [5, 5.41) is 0.867. The maximum atomic E-state index is 12.8. The Bertz CT molecular complexity index is 1060. The molecule has 1 aromatic heterocycles. The molecule has 0 atom stereocenters. The van der Waals surface area contributed by atoms with E-state index in [4.69, 9.17) is 9.15 Å². The first-order valence-electron chi connectivity index (χ1n) is 8.91. The number of para-hydroxylation sites is 1. The molecule has 0 N–H and O–H groups in total. The van der Waals surface area contributed by atoms with Crippen LogP contribution in [0.1, 0.15) is 10.6 Å². The number of methoxy groups -OCH3 is 1. The molecular formula is C20H20N2O5S. The fourth-order valence-corrected chi connectivity index (χ4v) is 4.69. The van der Waals surface area contributed by atoms with Crippen LogP contribution in [0.2, 0.25) is 0 Å². The van der Waals surface area contributed by atoms with Gasteiger partial charge >= 0.3 is 0 Å². The lowest BCUT2D eigenvalue weighted by atomic mass is 10.2. The summed E-state index contributed by atoms with van der Waals surface area (Å²) in [5.74, 6) is 0.644. The molecule has 8 heteroatoms. The van der Waals surface area contributed by atoms with Crippen molar-refractivity contribution < 1.29 is 22.4 Å². The van der Waals surface area contributed by atoms with E-state index in [1.165, 1.54) is 23.5 Å². The van der Waals surface area contributed by atoms with Crippen LogP contribution in [0.5, 0.6) is 5.75 Å². The summed E-state index contributed by atoms with van der Waals surface area (Å²) >= 11 is 0. The van der Waals surface area contributed by atoms with Crippen LogP contribution in [0, 0.1) is 0 Å². The predicted octanol–water partition coefficient (Wildman–Crippen LogP) is 2.59. The number of hydrogen-bond donors (Lipinski definition) is 0. The number of sulfonamides is 1. The maximum absolute atomic E-state index is 12.8. The van der Waals surface area contributed by atoms with E-state index < -0.39 is 10.0 Å². The third kappa shape index (κ3) is 3.36. The quantitative estimate of drug-likeness (QED) is 0.673. The average molecular weight is 400 g/mol. The van der Waals surface area contributed by atoms with Crippen LogP contribution < -0.4 is 4.74 Å². The number of benzene rings is 2. The van der Waals surface area contributed by atoms with Crippen molar-refractivity contribution in [2.75, 3.05) is 33.3 Å². The molecule has 1 aliphatic rings. The molecule has 0 bridgehead atoms. The van der Waals surface area contributed by atoms with Gasteiger partial charge in [-0.25, -0.2) is 8.42 Å². The lowest BCUT2D eigenvalue weighted by Gasteiger charge is -2.33. The van der Waals surface area contributed by atoms with Gasteiger partial charge < -0.3 is 14.1 Å². The van der Waals surface area contributed by atoms with Crippen LogP contribution in [-0.2, 0) is 10.0 Å². The zero-order chi connectivity index (χ0) is 19.7. The Labute approximate surface area is 163 Å². The minimum absolute atomic E-state index is 0.213. The average Bonchev–Trinajstić information content (AvgIpc) is 3.17. The SMILES string of the molecule is COc1ccc(S(=O)(=O)N2CCN(C(=O)c3cc4ccccc4o3)CC2)cc1. The van der Waals surface area contributed by atoms with Gasteiger partial charge in [-0.1, -0.05) is 18.2 Å². The molecule has 2 aromatic carbocycles. The number of ether oxygens (including phenoxy) is 1. The summed E-state index contributed by atoms with van der Waals surface area (Å²) in [6, 6.07) is 15.4. The summed E-state index contributed by atoms with van der Waals surface area (Å²) in [7, 11) is -2.08. The molecule has 7 nitrogen and oxygen atoms in total. The van der Waals surface area contributed by atoms with Crippen molar-refractivity contribution in [3.05, 3.63) is 60.4 Å². The molecule has 1 aliphatic heterocycles. The fraction of sp³-hybridized carbons (Fsp3) is 0.250. The van der Waals surface area contributed by atoms with E-state index in [-0.39, 0.29) is 29.7 Å². The van der Waals surface area contributed by atoms with Gasteiger partial charge in [-0.3, -0.25) is 4.79 Å². The highest BCUT2D eigenvalue weighted by Gasteiger charge is 2.31. The molecule has 0 spiro atoms. The molecule has 4 rings (SSSR count). The smallest absolute Gasteiger partial charge is 0.289 e. The van der Waals surface area contributed by atoms with E-state index in [0.717, 1.165) is 5.39 Å². The summed E-state index contributed by atoms with van der Waals surface area (Å²) in [6.07, 6.45) is 0. The van der Waals surface area contributed by atoms with Crippen molar-refractivity contribution in [1.29, 1.82) is 0 Å². The molecule has 3 aromatic rings. The minimum atomic E-state index is -3.60. The fourth-order valence-electron chi connectivity index (χ4n) is 3.27. The molecule has 146 valence electrons. The first-order chi connectivity index (χ1) is 13.5. The van der Waals surface area contributed by atoms with E-state index in [0.29, 0.717) is 24.4 Å². The molecule has 0 unspecified atom stereocenters. The Hall–Kier alpha value is -2.84. The van der Waals surface area contributed by atoms with Gasteiger partial charge in [0.2, 0.25) is 10.0 Å². The molecule has 1 fully saturated rings. The highest BCUT2D eigenvalue weighted by molar-refractivity contribution is 7.89. The van der Waals surface area contributed by atoms with Crippen LogP contribution in [0.3, 0.4) is 0 Å². The van der Waals surface area contributed by atoms with Gasteiger partial charge in [0.15, 0.2) is 5.76 Å². The topological polar surface area (TPSA) is 80.1 Å². The van der Waals surface area contributed by atoms with E-state index in [1.54, 1.807) is 23.1 Å². The van der Waals surface area contributed by atoms with Crippen molar-refractivity contribution in [2.24, 2.45) is 0 Å². The predicted molar refractivity (Wildman–Crippen MR) is 104 cm³/mol. The first-order valence-corrected chi connectivity index (χ1v) is 10.3. The third-order valence-corrected chi connectivity index (χ3v) is 6.77. The van der Waals surface area contributed by atoms with Gasteiger partial charge in [0.05, 0.1) is 12.0 Å². The molecule has 2 heterocycles. The van der Waals surface area contributed by atoms with Gasteiger partial charge in [0.1, 0.15) is 11.3 Å². The number of rotatable bonds is 4. The number of nitrogens with zero attached hydrogens (tertiary/aromatic N) is 2. The molecule has 28 heavy (non-hydrogen) atoms. The van der Waals surface area contributed by atoms with Crippen molar-refractivity contribution in [3.8, 4) is 5.75 Å². The molecular weight excluding hydrogens is 380 g/mol. The molecule has 0 aliphatic carbocycles. The second kappa shape index (κ2) is 7.29. The molecule has 0 saturated carbocycles. The van der Waals surface area contributed by atoms with E-state index >= 15 is 0 Å². The van der Waals surface area contributed by atoms with Gasteiger partial charge in [-0.2, -0.15) is 4.31 Å². The standard InChI is InChI=1S/C20H20N2O5S/c1-26-16-6-8-17(9-7-16)28(24,25)22-12-10-21(11-13-22)20(23)19-14-15-4-2-3-5-18(15)27-19/h2-9,14H,10-13H2,1H3. The largest absolute Gasteiger partial charge is 0.497 e. The van der Waals surface area contributed by atoms with Crippen molar-refractivity contribution in [3.63, 3.8) is 0 Å². The van der Waals surface area contributed by atoms with Crippen molar-refractivity contribution in [1.82, 2.24) is 9.21 Å². The van der Waals surface area contributed by atoms with E-state index in [2.05, 4.69) is 0 Å². The zero-order valence-electron chi connectivity index (χ0n) is 15.4. The van der Waals surface area contributed by atoms with Crippen molar-refractivity contribution in [2.45, 2.75) is 4.90 Å². The van der Waals surface area contributed by atoms with Gasteiger partial charge in [-0.05, 0) is 36.4 Å². The second-order valence-electron chi connectivity index (χ2n) is 6.52. The van der Waals surface area contributed by atoms with Crippen LogP contribution in [-0.4, -0.2) is 56.8 Å². The molecule has 1 amide bonds. The van der Waals surface area contributed by atoms with Crippen LogP contribution in [0.25, 0.3) is 11.0 Å². The Morgan fingerprint density at radius 3 is 2.32 bits per heavy atom. The van der Waals surface area contributed by atoms with Gasteiger partial charge in [-0.15, -0.1) is 0 Å². The maximum Gasteiger partial charge on any atom is 0.289 e. The lowest BCUT2D eigenvalue weighted by molar-refractivity contribution is 0.0668. The van der Waals surface area contributed by atoms with Crippen LogP contribution in [0.15, 0.2) is 63.9 Å². The number of carbonyl (C=O) groups excluding carboxylic acids is 1. The Balaban J connectivity index is 1.45. The van der Waals surface area contributed by atoms with Gasteiger partial charge in [0.25, 0.3) is 5.91 Å². The normalized spacial score (nSPS) is 15.7. The Morgan fingerprint density at radius 1 is 1.00 bits per heavy atom. The third-order valence-electron chi connectivity index (χ3n) is 4.86. The van der Waals surface area contributed by atoms with Crippen molar-refractivity contribution >= 4 is 26.9 Å². The monoisotopic (exact) mass is 400 g/mol. The van der Waals surface area contributed by atoms with Gasteiger partial charge in [0, 0.05) is 31.6 Å². The summed E-state index contributed by atoms with van der Waals surface area (Å²) in [4.78, 5) is 14.6. The van der Waals surface area contributed by atoms with E-state index in [9.17, 15) is 13.2 Å². The number of amides is 1. The molecule has 0 radical (unpaired) electrons. The number of furan rings is 1. The number of carbonyl (C=O) groups is 1. The lowest BCUT2D eigenvalue weighted by Crippen LogP contribution is -2.50. The van der Waals surface area contributed by atoms with Crippen LogP contribution in [0.4, 0.5) is 0 Å². The number of fused-ring (bicyclic) bond motifs is 1.